The van der Waals surface area contributed by atoms with Crippen molar-refractivity contribution in [1.82, 2.24) is 0 Å². The van der Waals surface area contributed by atoms with E-state index in [1.807, 2.05) is 36.4 Å². The number of hydrogen-bond acceptors (Lipinski definition) is 3. The van der Waals surface area contributed by atoms with E-state index in [0.717, 1.165) is 23.6 Å². The average Bonchev–Trinajstić information content (AvgIpc) is 2.54. The van der Waals surface area contributed by atoms with Gasteiger partial charge in [-0.05, 0) is 17.9 Å². The summed E-state index contributed by atoms with van der Waals surface area (Å²) in [6, 6.07) is 13.1. The number of hydrogen-bond donors (Lipinski definition) is 0. The molecule has 0 bridgehead atoms. The number of rotatable bonds is 10. The van der Waals surface area contributed by atoms with Crippen molar-refractivity contribution in [3.8, 4) is 5.75 Å². The molecule has 0 saturated carbocycles. The van der Waals surface area contributed by atoms with Crippen molar-refractivity contribution < 1.29 is 12.6 Å². The normalized spacial score (nSPS) is 11.2. The molecule has 128 valence electrons. The van der Waals surface area contributed by atoms with Crippen LogP contribution in [0.5, 0.6) is 5.75 Å². The molecule has 2 aromatic carbocycles. The van der Waals surface area contributed by atoms with Crippen molar-refractivity contribution in [1.29, 1.82) is 0 Å². The van der Waals surface area contributed by atoms with E-state index in [0.29, 0.717) is 12.2 Å². The summed E-state index contributed by atoms with van der Waals surface area (Å²) < 4.78 is 29.6. The summed E-state index contributed by atoms with van der Waals surface area (Å²) in [6.45, 7) is 2.19. The average molecular weight is 375 g/mol. The molecule has 0 aromatic heterocycles. The Bertz CT molecular complexity index is 708. The predicted octanol–water partition coefficient (Wildman–Crippen LogP) is 4.65. The third-order valence-electron chi connectivity index (χ3n) is 3.96. The van der Waals surface area contributed by atoms with Crippen LogP contribution in [0.15, 0.2) is 42.5 Å². The third kappa shape index (κ3) is 7.54. The monoisotopic (exact) mass is 374 g/mol. The fraction of sp³-hybridized carbons (Fsp3) is 0.474. The van der Waals surface area contributed by atoms with Gasteiger partial charge in [-0.2, -0.15) is 8.42 Å². The van der Waals surface area contributed by atoms with Gasteiger partial charge in [0.05, 0.1) is 5.75 Å². The van der Waals surface area contributed by atoms with Crippen LogP contribution in [0.4, 0.5) is 0 Å². The van der Waals surface area contributed by atoms with Gasteiger partial charge in [0.1, 0.15) is 5.75 Å². The molecular formula is C19H27KO3S. The first-order valence-corrected chi connectivity index (χ1v) is 10.1. The van der Waals surface area contributed by atoms with Crippen LogP contribution in [0.1, 0.15) is 51.9 Å². The van der Waals surface area contributed by atoms with E-state index in [1.165, 1.54) is 25.7 Å². The van der Waals surface area contributed by atoms with Crippen LogP contribution in [0, 0.1) is 0 Å². The summed E-state index contributed by atoms with van der Waals surface area (Å²) in [5, 5.41) is 1.81. The molecular weight excluding hydrogens is 347 g/mol. The van der Waals surface area contributed by atoms with Crippen LogP contribution in [-0.2, 0) is 10.1 Å². The fourth-order valence-corrected chi connectivity index (χ4v) is 3.74. The molecule has 3 nitrogen and oxygen atoms in total. The summed E-state index contributed by atoms with van der Waals surface area (Å²) >= 11 is 0. The second kappa shape index (κ2) is 11.7. The van der Waals surface area contributed by atoms with Gasteiger partial charge in [-0.3, -0.25) is 0 Å². The first-order valence-electron chi connectivity index (χ1n) is 8.52. The maximum absolute atomic E-state index is 12.2. The molecule has 24 heavy (non-hydrogen) atoms. The Morgan fingerprint density at radius 1 is 0.833 bits per heavy atom. The molecule has 0 atom stereocenters. The van der Waals surface area contributed by atoms with Crippen molar-refractivity contribution in [2.45, 2.75) is 51.9 Å². The van der Waals surface area contributed by atoms with E-state index >= 15 is 0 Å². The van der Waals surface area contributed by atoms with Crippen molar-refractivity contribution >= 4 is 72.3 Å². The van der Waals surface area contributed by atoms with Gasteiger partial charge in [-0.1, -0.05) is 81.8 Å². The summed E-state index contributed by atoms with van der Waals surface area (Å²) in [5.41, 5.74) is 0. The van der Waals surface area contributed by atoms with Crippen LogP contribution in [0.25, 0.3) is 10.8 Å². The van der Waals surface area contributed by atoms with E-state index in [1.54, 1.807) is 6.07 Å². The van der Waals surface area contributed by atoms with Crippen molar-refractivity contribution in [3.05, 3.63) is 42.5 Å². The van der Waals surface area contributed by atoms with E-state index < -0.39 is 10.1 Å². The molecule has 2 rings (SSSR count). The summed E-state index contributed by atoms with van der Waals surface area (Å²) in [6.07, 6.45) is 7.65. The minimum atomic E-state index is -3.52. The van der Waals surface area contributed by atoms with Gasteiger partial charge < -0.3 is 4.18 Å². The molecule has 0 N–H and O–H groups in total. The SMILES string of the molecule is CCCCCCCCCS(=O)(=O)Oc1cccc2ccccc12.[KH]. The molecule has 0 aliphatic carbocycles. The zero-order valence-corrected chi connectivity index (χ0v) is 14.6. The molecule has 0 aliphatic rings. The van der Waals surface area contributed by atoms with E-state index in [-0.39, 0.29) is 57.1 Å². The van der Waals surface area contributed by atoms with Crippen LogP contribution in [-0.4, -0.2) is 65.6 Å². The van der Waals surface area contributed by atoms with Crippen LogP contribution in [0.3, 0.4) is 0 Å². The molecule has 2 aromatic rings. The molecule has 0 aliphatic heterocycles. The molecule has 0 heterocycles. The standard InChI is InChI=1S/C19H26O3S.K.H/c1-2-3-4-5-6-7-10-16-23(20,21)22-19-15-11-13-17-12-8-9-14-18(17)19;;/h8-9,11-15H,2-7,10,16H2,1H3;;. The number of benzene rings is 2. The Hall–Kier alpha value is 0.0864. The zero-order chi connectivity index (χ0) is 16.5. The first-order chi connectivity index (χ1) is 11.1. The van der Waals surface area contributed by atoms with Crippen LogP contribution >= 0.6 is 0 Å². The Morgan fingerprint density at radius 2 is 1.46 bits per heavy atom. The van der Waals surface area contributed by atoms with Crippen molar-refractivity contribution in [2.75, 3.05) is 5.75 Å². The summed E-state index contributed by atoms with van der Waals surface area (Å²) in [5.74, 6) is 0.510. The van der Waals surface area contributed by atoms with Crippen molar-refractivity contribution in [2.24, 2.45) is 0 Å². The second-order valence-corrected chi connectivity index (χ2v) is 7.63. The maximum atomic E-state index is 12.2. The predicted molar refractivity (Wildman–Crippen MR) is 104 cm³/mol. The molecule has 0 amide bonds. The van der Waals surface area contributed by atoms with Gasteiger partial charge in [-0.25, -0.2) is 0 Å². The van der Waals surface area contributed by atoms with Crippen LogP contribution in [0.2, 0.25) is 0 Å². The van der Waals surface area contributed by atoms with Crippen molar-refractivity contribution in [3.63, 3.8) is 0 Å². The van der Waals surface area contributed by atoms with E-state index in [9.17, 15) is 8.42 Å². The quantitative estimate of drug-likeness (QED) is 0.345. The molecule has 0 saturated heterocycles. The molecule has 0 spiro atoms. The molecule has 0 fully saturated rings. The van der Waals surface area contributed by atoms with Gasteiger partial charge in [0.25, 0.3) is 0 Å². The zero-order valence-electron chi connectivity index (χ0n) is 13.8. The summed E-state index contributed by atoms with van der Waals surface area (Å²) in [4.78, 5) is 0. The van der Waals surface area contributed by atoms with E-state index in [4.69, 9.17) is 4.18 Å². The topological polar surface area (TPSA) is 43.4 Å². The third-order valence-corrected chi connectivity index (χ3v) is 5.19. The Balaban J connectivity index is 0.00000288. The molecule has 5 heteroatoms. The van der Waals surface area contributed by atoms with Gasteiger partial charge in [0.2, 0.25) is 0 Å². The number of fused-ring (bicyclic) bond motifs is 1. The minimum absolute atomic E-state index is 0. The summed E-state index contributed by atoms with van der Waals surface area (Å²) in [7, 11) is -3.52. The molecule has 0 radical (unpaired) electrons. The first kappa shape index (κ1) is 22.1. The second-order valence-electron chi connectivity index (χ2n) is 5.94. The van der Waals surface area contributed by atoms with Gasteiger partial charge in [0.15, 0.2) is 0 Å². The fourth-order valence-electron chi connectivity index (χ4n) is 2.68. The van der Waals surface area contributed by atoms with Gasteiger partial charge >= 0.3 is 61.5 Å². The van der Waals surface area contributed by atoms with E-state index in [2.05, 4.69) is 6.92 Å². The van der Waals surface area contributed by atoms with Gasteiger partial charge in [-0.15, -0.1) is 0 Å². The van der Waals surface area contributed by atoms with Crippen LogP contribution < -0.4 is 4.18 Å². The number of unbranched alkanes of at least 4 members (excludes halogenated alkanes) is 6. The molecule has 0 unspecified atom stereocenters. The Morgan fingerprint density at radius 3 is 2.21 bits per heavy atom. The van der Waals surface area contributed by atoms with Gasteiger partial charge in [0, 0.05) is 5.39 Å². The Labute approximate surface area is 188 Å². The Kier molecular flexibility index (Phi) is 10.7.